The van der Waals surface area contributed by atoms with Crippen molar-refractivity contribution in [3.05, 3.63) is 0 Å². The number of hydrogen-bond donors (Lipinski definition) is 0. The van der Waals surface area contributed by atoms with E-state index < -0.39 is 0 Å². The Hall–Kier alpha value is 0. The topological polar surface area (TPSA) is 0 Å². The minimum Gasteiger partial charge on any atom is -0.0654 e. The molecule has 0 aliphatic carbocycles. The van der Waals surface area contributed by atoms with Crippen LogP contribution in [0.3, 0.4) is 0 Å². The first-order valence-electron chi connectivity index (χ1n) is 15.6. The van der Waals surface area contributed by atoms with Gasteiger partial charge < -0.3 is 0 Å². The van der Waals surface area contributed by atoms with Gasteiger partial charge in [0.25, 0.3) is 0 Å². The van der Waals surface area contributed by atoms with Gasteiger partial charge in [0.1, 0.15) is 0 Å². The molecule has 0 aromatic heterocycles. The van der Waals surface area contributed by atoms with Gasteiger partial charge in [0.05, 0.1) is 0 Å². The van der Waals surface area contributed by atoms with Crippen molar-refractivity contribution in [2.24, 2.45) is 5.41 Å². The highest BCUT2D eigenvalue weighted by molar-refractivity contribution is 4.69. The smallest absolute Gasteiger partial charge is 0.0354 e. The van der Waals surface area contributed by atoms with Crippen LogP contribution in [0.25, 0.3) is 0 Å². The van der Waals surface area contributed by atoms with Crippen LogP contribution < -0.4 is 0 Å². The minimum atomic E-state index is 0.580. The third kappa shape index (κ3) is 26.3. The van der Waals surface area contributed by atoms with Crippen LogP contribution in [0.4, 0.5) is 0 Å². The Labute approximate surface area is 206 Å². The Kier molecular flexibility index (Phi) is 25.6. The molecule has 0 heteroatoms. The van der Waals surface area contributed by atoms with E-state index in [1.165, 1.54) is 173 Å². The van der Waals surface area contributed by atoms with Gasteiger partial charge in [-0.3, -0.25) is 0 Å². The Bertz CT molecular complexity index is 329. The van der Waals surface area contributed by atoms with Gasteiger partial charge in [-0.2, -0.15) is 0 Å². The normalized spacial score (nSPS) is 12.0. The molecule has 0 amide bonds. The first-order chi connectivity index (χ1) is 15.6. The van der Waals surface area contributed by atoms with E-state index in [9.17, 15) is 0 Å². The van der Waals surface area contributed by atoms with E-state index in [0.717, 1.165) is 0 Å². The third-order valence-electron chi connectivity index (χ3n) is 7.66. The molecule has 0 aliphatic rings. The van der Waals surface area contributed by atoms with Crippen molar-refractivity contribution in [3.8, 4) is 0 Å². The van der Waals surface area contributed by atoms with Crippen LogP contribution in [-0.2, 0) is 0 Å². The molecule has 32 heavy (non-hydrogen) atoms. The summed E-state index contributed by atoms with van der Waals surface area (Å²) in [4.78, 5) is 0. The highest BCUT2D eigenvalue weighted by Crippen LogP contribution is 2.30. The minimum absolute atomic E-state index is 0.580. The fraction of sp³-hybridized carbons (Fsp3) is 1.00. The maximum atomic E-state index is 2.52. The molecule has 0 radical (unpaired) electrons. The molecule has 0 unspecified atom stereocenters. The third-order valence-corrected chi connectivity index (χ3v) is 7.66. The maximum absolute atomic E-state index is 2.52. The average Bonchev–Trinajstić information content (AvgIpc) is 2.77. The molecule has 0 saturated heterocycles. The van der Waals surface area contributed by atoms with Crippen molar-refractivity contribution in [2.75, 3.05) is 0 Å². The zero-order chi connectivity index (χ0) is 23.6. The lowest BCUT2D eigenvalue weighted by Crippen LogP contribution is -2.11. The van der Waals surface area contributed by atoms with Crippen LogP contribution in [0.15, 0.2) is 0 Å². The average molecular weight is 451 g/mol. The summed E-state index contributed by atoms with van der Waals surface area (Å²) < 4.78 is 0. The van der Waals surface area contributed by atoms with E-state index in [1.807, 2.05) is 0 Å². The molecule has 0 atom stereocenters. The largest absolute Gasteiger partial charge is 0.0654 e. The highest BCUT2D eigenvalue weighted by Gasteiger charge is 2.16. The Morgan fingerprint density at radius 2 is 0.469 bits per heavy atom. The maximum Gasteiger partial charge on any atom is -0.0354 e. The van der Waals surface area contributed by atoms with Gasteiger partial charge >= 0.3 is 0 Å². The molecule has 0 N–H and O–H groups in total. The lowest BCUT2D eigenvalue weighted by atomic mass is 9.81. The summed E-state index contributed by atoms with van der Waals surface area (Å²) >= 11 is 0. The lowest BCUT2D eigenvalue weighted by molar-refractivity contribution is 0.282. The van der Waals surface area contributed by atoms with Gasteiger partial charge in [-0.15, -0.1) is 0 Å². The SMILES string of the molecule is CCCCCCCCCCCCCCCC(C)(C)CCCCCCCCCCCCCC. The second kappa shape index (κ2) is 25.6. The van der Waals surface area contributed by atoms with Crippen LogP contribution >= 0.6 is 0 Å². The summed E-state index contributed by atoms with van der Waals surface area (Å²) in [6.45, 7) is 9.65. The van der Waals surface area contributed by atoms with Gasteiger partial charge in [-0.05, 0) is 18.3 Å². The van der Waals surface area contributed by atoms with Crippen molar-refractivity contribution in [3.63, 3.8) is 0 Å². The summed E-state index contributed by atoms with van der Waals surface area (Å²) in [6.07, 6.45) is 39.5. The summed E-state index contributed by atoms with van der Waals surface area (Å²) in [7, 11) is 0. The Balaban J connectivity index is 3.29. The molecule has 0 spiro atoms. The van der Waals surface area contributed by atoms with Crippen molar-refractivity contribution < 1.29 is 0 Å². The van der Waals surface area contributed by atoms with Crippen molar-refractivity contribution in [1.82, 2.24) is 0 Å². The second-order valence-electron chi connectivity index (χ2n) is 11.8. The highest BCUT2D eigenvalue weighted by atomic mass is 14.2. The summed E-state index contributed by atoms with van der Waals surface area (Å²) in [5.74, 6) is 0. The Morgan fingerprint density at radius 1 is 0.281 bits per heavy atom. The van der Waals surface area contributed by atoms with Crippen molar-refractivity contribution in [1.29, 1.82) is 0 Å². The molecule has 0 nitrogen and oxygen atoms in total. The van der Waals surface area contributed by atoms with Gasteiger partial charge in [0.2, 0.25) is 0 Å². The number of rotatable bonds is 27. The standard InChI is InChI=1S/C32H66/c1-5-7-9-11-13-15-17-19-21-23-25-27-29-31-32(3,4)30-28-26-24-22-20-18-16-14-12-10-8-6-2/h5-31H2,1-4H3. The van der Waals surface area contributed by atoms with Crippen LogP contribution in [0, 0.1) is 5.41 Å². The van der Waals surface area contributed by atoms with Crippen molar-refractivity contribution >= 4 is 0 Å². The van der Waals surface area contributed by atoms with Crippen LogP contribution in [-0.4, -0.2) is 0 Å². The van der Waals surface area contributed by atoms with Gasteiger partial charge in [0, 0.05) is 0 Å². The van der Waals surface area contributed by atoms with E-state index in [1.54, 1.807) is 0 Å². The molecule has 0 aromatic carbocycles. The predicted octanol–water partition coefficient (Wildman–Crippen LogP) is 12.6. The molecule has 0 fully saturated rings. The molecule has 0 rings (SSSR count). The first kappa shape index (κ1) is 32.0. The van der Waals surface area contributed by atoms with Gasteiger partial charge in [0.15, 0.2) is 0 Å². The summed E-state index contributed by atoms with van der Waals surface area (Å²) in [5.41, 5.74) is 0.580. The van der Waals surface area contributed by atoms with E-state index in [0.29, 0.717) is 5.41 Å². The van der Waals surface area contributed by atoms with E-state index in [-0.39, 0.29) is 0 Å². The zero-order valence-electron chi connectivity index (χ0n) is 23.6. The molecular weight excluding hydrogens is 384 g/mol. The van der Waals surface area contributed by atoms with Crippen molar-refractivity contribution in [2.45, 2.75) is 201 Å². The summed E-state index contributed by atoms with van der Waals surface area (Å²) in [6, 6.07) is 0. The van der Waals surface area contributed by atoms with E-state index >= 15 is 0 Å². The molecule has 0 aliphatic heterocycles. The van der Waals surface area contributed by atoms with Gasteiger partial charge in [-0.25, -0.2) is 0 Å². The lowest BCUT2D eigenvalue weighted by Gasteiger charge is -2.24. The van der Waals surface area contributed by atoms with Gasteiger partial charge in [-0.1, -0.05) is 188 Å². The second-order valence-corrected chi connectivity index (χ2v) is 11.8. The molecule has 0 saturated carbocycles. The molecular formula is C32H66. The Morgan fingerprint density at radius 3 is 0.688 bits per heavy atom. The molecule has 0 heterocycles. The predicted molar refractivity (Wildman–Crippen MR) is 150 cm³/mol. The number of hydrogen-bond acceptors (Lipinski definition) is 0. The summed E-state index contributed by atoms with van der Waals surface area (Å²) in [5, 5.41) is 0. The van der Waals surface area contributed by atoms with E-state index in [2.05, 4.69) is 27.7 Å². The molecule has 0 bridgehead atoms. The number of unbranched alkanes of at least 4 members (excludes halogenated alkanes) is 23. The molecule has 194 valence electrons. The van der Waals surface area contributed by atoms with Crippen LogP contribution in [0.2, 0.25) is 0 Å². The van der Waals surface area contributed by atoms with Crippen LogP contribution in [0.1, 0.15) is 201 Å². The zero-order valence-corrected chi connectivity index (χ0v) is 23.6. The molecule has 0 aromatic rings. The first-order valence-corrected chi connectivity index (χ1v) is 15.6. The quantitative estimate of drug-likeness (QED) is 0.109. The fourth-order valence-corrected chi connectivity index (χ4v) is 5.19. The fourth-order valence-electron chi connectivity index (χ4n) is 5.19. The monoisotopic (exact) mass is 451 g/mol. The van der Waals surface area contributed by atoms with E-state index in [4.69, 9.17) is 0 Å². The van der Waals surface area contributed by atoms with Crippen LogP contribution in [0.5, 0.6) is 0 Å².